The summed E-state index contributed by atoms with van der Waals surface area (Å²) >= 11 is 0. The standard InChI is InChI=1S/2Na.3H2O.Zr/h;;3*1H2;/q2*+1;;;;/p-2. The third-order valence-electron chi connectivity index (χ3n) is 0. The summed E-state index contributed by atoms with van der Waals surface area (Å²) < 4.78 is 0. The van der Waals surface area contributed by atoms with Crippen molar-refractivity contribution in [2.24, 2.45) is 0 Å². The molecule has 6 heavy (non-hydrogen) atoms. The summed E-state index contributed by atoms with van der Waals surface area (Å²) in [6, 6.07) is 0. The summed E-state index contributed by atoms with van der Waals surface area (Å²) in [4.78, 5) is 0. The van der Waals surface area contributed by atoms with E-state index in [1.807, 2.05) is 0 Å². The Morgan fingerprint density at radius 2 is 0.667 bits per heavy atom. The number of hydrogen-bond donors (Lipinski definition) is 0. The SMILES string of the molecule is O.[Na+].[Na+].[OH-].[OH-].[Zr]. The van der Waals surface area contributed by atoms with E-state index in [4.69, 9.17) is 0 Å². The molecule has 0 spiro atoms. The molecule has 6 heteroatoms. The van der Waals surface area contributed by atoms with Crippen LogP contribution in [-0.2, 0) is 26.2 Å². The van der Waals surface area contributed by atoms with Crippen molar-refractivity contribution >= 4 is 0 Å². The van der Waals surface area contributed by atoms with Crippen LogP contribution in [0.3, 0.4) is 0 Å². The minimum atomic E-state index is 0. The van der Waals surface area contributed by atoms with Gasteiger partial charge in [0.25, 0.3) is 0 Å². The molecule has 0 heterocycles. The van der Waals surface area contributed by atoms with Crippen LogP contribution in [0.25, 0.3) is 0 Å². The van der Waals surface area contributed by atoms with Crippen LogP contribution in [0.4, 0.5) is 0 Å². The summed E-state index contributed by atoms with van der Waals surface area (Å²) in [6.07, 6.45) is 0. The normalized spacial score (nSPS) is 0. The molecule has 0 saturated carbocycles. The van der Waals surface area contributed by atoms with Gasteiger partial charge in [0.05, 0.1) is 0 Å². The van der Waals surface area contributed by atoms with Crippen molar-refractivity contribution in [3.05, 3.63) is 0 Å². The Bertz CT molecular complexity index is 8.75. The molecule has 3 nitrogen and oxygen atoms in total. The van der Waals surface area contributed by atoms with Gasteiger partial charge in [0.15, 0.2) is 0 Å². The zero-order valence-electron chi connectivity index (χ0n) is 3.89. The van der Waals surface area contributed by atoms with Crippen molar-refractivity contribution in [1.29, 1.82) is 0 Å². The van der Waals surface area contributed by atoms with Gasteiger partial charge >= 0.3 is 59.1 Å². The first-order valence-corrected chi connectivity index (χ1v) is 0. The first-order valence-electron chi connectivity index (χ1n) is 0. The molecule has 0 amide bonds. The Labute approximate surface area is 99.9 Å². The topological polar surface area (TPSA) is 91.5 Å². The van der Waals surface area contributed by atoms with Gasteiger partial charge in [0, 0.05) is 26.2 Å². The van der Waals surface area contributed by atoms with Crippen molar-refractivity contribution in [2.45, 2.75) is 0 Å². The largest absolute Gasteiger partial charge is 1.00 e. The second-order valence-electron chi connectivity index (χ2n) is 0. The van der Waals surface area contributed by atoms with Crippen molar-refractivity contribution in [1.82, 2.24) is 0 Å². The molecule has 0 aromatic carbocycles. The van der Waals surface area contributed by atoms with Crippen LogP contribution in [0.15, 0.2) is 0 Å². The van der Waals surface area contributed by atoms with Gasteiger partial charge in [-0.2, -0.15) is 0 Å². The molecule has 0 saturated heterocycles. The van der Waals surface area contributed by atoms with Crippen LogP contribution in [0.2, 0.25) is 0 Å². The molecule has 0 unspecified atom stereocenters. The van der Waals surface area contributed by atoms with Crippen LogP contribution in [0, 0.1) is 0 Å². The van der Waals surface area contributed by atoms with Gasteiger partial charge in [-0.05, 0) is 0 Å². The fourth-order valence-corrected chi connectivity index (χ4v) is 0. The van der Waals surface area contributed by atoms with E-state index in [9.17, 15) is 0 Å². The number of rotatable bonds is 0. The first-order chi connectivity index (χ1) is 0. The molecule has 0 bridgehead atoms. The van der Waals surface area contributed by atoms with E-state index in [1.54, 1.807) is 0 Å². The average Bonchev–Trinajstić information content (AvgIpc) is 0. The number of hydrogen-bond acceptors (Lipinski definition) is 2. The molecule has 0 aliphatic rings. The van der Waals surface area contributed by atoms with Gasteiger partial charge < -0.3 is 16.4 Å². The predicted octanol–water partition coefficient (Wildman–Crippen LogP) is -7.17. The summed E-state index contributed by atoms with van der Waals surface area (Å²) in [6.45, 7) is 0. The maximum Gasteiger partial charge on any atom is 1.00 e. The van der Waals surface area contributed by atoms with Crippen LogP contribution < -0.4 is 59.1 Å². The maximum absolute atomic E-state index is 0. The summed E-state index contributed by atoms with van der Waals surface area (Å²) in [5.41, 5.74) is 0. The van der Waals surface area contributed by atoms with Gasteiger partial charge in [-0.3, -0.25) is 0 Å². The molecule has 0 aromatic rings. The predicted molar refractivity (Wildman–Crippen MR) is 7.49 cm³/mol. The second kappa shape index (κ2) is 46.5. The van der Waals surface area contributed by atoms with E-state index in [0.717, 1.165) is 0 Å². The maximum atomic E-state index is 0. The summed E-state index contributed by atoms with van der Waals surface area (Å²) in [5.74, 6) is 0. The fourth-order valence-electron chi connectivity index (χ4n) is 0. The Balaban J connectivity index is 0. The van der Waals surface area contributed by atoms with E-state index >= 15 is 0 Å². The molecule has 28 valence electrons. The minimum Gasteiger partial charge on any atom is -0.870 e. The van der Waals surface area contributed by atoms with Crippen LogP contribution in [-0.4, -0.2) is 16.4 Å². The molecule has 0 aliphatic carbocycles. The third-order valence-corrected chi connectivity index (χ3v) is 0. The molecule has 0 radical (unpaired) electrons. The van der Waals surface area contributed by atoms with Crippen LogP contribution in [0.1, 0.15) is 0 Å². The zero-order valence-corrected chi connectivity index (χ0v) is 10.4. The molecular weight excluding hydrogens is 185 g/mol. The molecule has 0 aliphatic heterocycles. The van der Waals surface area contributed by atoms with Crippen molar-refractivity contribution in [3.8, 4) is 0 Å². The Kier molecular flexibility index (Phi) is 536. The van der Waals surface area contributed by atoms with Gasteiger partial charge in [0.2, 0.25) is 0 Å². The smallest absolute Gasteiger partial charge is 0.870 e. The van der Waals surface area contributed by atoms with Gasteiger partial charge in [-0.15, -0.1) is 0 Å². The minimum absolute atomic E-state index is 0. The molecular formula is H4Na2O3Zr. The molecule has 4 N–H and O–H groups in total. The Morgan fingerprint density at radius 3 is 0.667 bits per heavy atom. The first kappa shape index (κ1) is 69.2. The zero-order chi connectivity index (χ0) is 0. The van der Waals surface area contributed by atoms with E-state index in [-0.39, 0.29) is 102 Å². The molecule has 0 aromatic heterocycles. The van der Waals surface area contributed by atoms with Gasteiger partial charge in [-0.1, -0.05) is 0 Å². The third kappa shape index (κ3) is 29.4. The quantitative estimate of drug-likeness (QED) is 0.354. The summed E-state index contributed by atoms with van der Waals surface area (Å²) in [7, 11) is 0. The van der Waals surface area contributed by atoms with Crippen molar-refractivity contribution in [2.75, 3.05) is 0 Å². The van der Waals surface area contributed by atoms with Crippen molar-refractivity contribution in [3.63, 3.8) is 0 Å². The summed E-state index contributed by atoms with van der Waals surface area (Å²) in [5, 5.41) is 0. The molecule has 0 atom stereocenters. The Hall–Kier alpha value is 2.76. The monoisotopic (exact) mass is 188 g/mol. The van der Waals surface area contributed by atoms with Crippen LogP contribution in [0.5, 0.6) is 0 Å². The van der Waals surface area contributed by atoms with E-state index in [1.165, 1.54) is 0 Å². The van der Waals surface area contributed by atoms with E-state index in [2.05, 4.69) is 0 Å². The van der Waals surface area contributed by atoms with Crippen molar-refractivity contribution < 1.29 is 102 Å². The molecule has 0 fully saturated rings. The van der Waals surface area contributed by atoms with E-state index in [0.29, 0.717) is 0 Å². The average molecular weight is 189 g/mol. The van der Waals surface area contributed by atoms with Gasteiger partial charge in [0.1, 0.15) is 0 Å². The fraction of sp³-hybridized carbons (Fsp3) is 0. The van der Waals surface area contributed by atoms with Gasteiger partial charge in [-0.25, -0.2) is 0 Å². The second-order valence-corrected chi connectivity index (χ2v) is 0. The van der Waals surface area contributed by atoms with Crippen LogP contribution >= 0.6 is 0 Å². The van der Waals surface area contributed by atoms with E-state index < -0.39 is 0 Å². The Morgan fingerprint density at radius 1 is 0.667 bits per heavy atom. The molecule has 0 rings (SSSR count).